The van der Waals surface area contributed by atoms with Gasteiger partial charge in [-0.2, -0.15) is 0 Å². The number of thioether (sulfide) groups is 1. The molecule has 0 spiro atoms. The summed E-state index contributed by atoms with van der Waals surface area (Å²) in [5, 5.41) is 0.666. The number of benzene rings is 1. The number of nitrogens with zero attached hydrogens (tertiary/aromatic N) is 2. The Morgan fingerprint density at radius 3 is 3.00 bits per heavy atom. The van der Waals surface area contributed by atoms with Crippen molar-refractivity contribution in [2.75, 3.05) is 5.75 Å². The van der Waals surface area contributed by atoms with Crippen molar-refractivity contribution in [3.63, 3.8) is 0 Å². The van der Waals surface area contributed by atoms with Gasteiger partial charge in [0.25, 0.3) is 0 Å². The maximum atomic E-state index is 12.3. The van der Waals surface area contributed by atoms with Crippen LogP contribution in [0.5, 0.6) is 5.75 Å². The van der Waals surface area contributed by atoms with E-state index in [0.717, 1.165) is 5.56 Å². The summed E-state index contributed by atoms with van der Waals surface area (Å²) in [5.41, 5.74) is -0.0488. The number of aliphatic imine (C=N–C) groups is 1. The molecule has 1 amide bonds. The molecule has 0 radical (unpaired) electrons. The summed E-state index contributed by atoms with van der Waals surface area (Å²) >= 11 is 1.41. The minimum atomic E-state index is -0.936. The highest BCUT2D eigenvalue weighted by Crippen LogP contribution is 2.52. The Labute approximate surface area is 126 Å². The van der Waals surface area contributed by atoms with Gasteiger partial charge in [0.05, 0.1) is 11.8 Å². The number of fused-ring (bicyclic) bond motifs is 6. The van der Waals surface area contributed by atoms with Crippen LogP contribution in [0.3, 0.4) is 0 Å². The highest BCUT2D eigenvalue weighted by Gasteiger charge is 2.58. The number of hydrogen-bond donors (Lipinski definition) is 0. The minimum Gasteiger partial charge on any atom is -0.465 e. The van der Waals surface area contributed by atoms with E-state index in [1.54, 1.807) is 11.8 Å². The molecule has 108 valence electrons. The number of Topliss-reactive ketones (excluding diaryl/α,β-unsaturated/α-hetero) is 1. The first-order valence-electron chi connectivity index (χ1n) is 6.84. The van der Waals surface area contributed by atoms with Gasteiger partial charge in [-0.25, -0.2) is 4.99 Å². The Hall–Kier alpha value is -1.82. The summed E-state index contributed by atoms with van der Waals surface area (Å²) in [6, 6.07) is 7.27. The van der Waals surface area contributed by atoms with Crippen LogP contribution in [0.4, 0.5) is 0 Å². The van der Waals surface area contributed by atoms with E-state index in [2.05, 4.69) is 4.99 Å². The Bertz CT molecular complexity index is 702. The molecule has 21 heavy (non-hydrogen) atoms. The molecule has 0 aliphatic carbocycles. The minimum absolute atomic E-state index is 0.00810. The van der Waals surface area contributed by atoms with Crippen molar-refractivity contribution in [3.8, 4) is 5.75 Å². The lowest BCUT2D eigenvalue weighted by Crippen LogP contribution is -2.58. The molecule has 3 aliphatic rings. The molecule has 2 unspecified atom stereocenters. The second kappa shape index (κ2) is 4.10. The number of carbonyl (C=O) groups is 2. The van der Waals surface area contributed by atoms with Crippen molar-refractivity contribution in [2.24, 2.45) is 10.9 Å². The van der Waals surface area contributed by atoms with E-state index in [9.17, 15) is 9.59 Å². The fraction of sp³-hybridized carbons (Fsp3) is 0.400. The number of rotatable bonds is 1. The predicted molar refractivity (Wildman–Crippen MR) is 79.1 cm³/mol. The van der Waals surface area contributed by atoms with Crippen LogP contribution in [0.1, 0.15) is 25.5 Å². The van der Waals surface area contributed by atoms with Crippen LogP contribution in [0.15, 0.2) is 29.3 Å². The number of ketones is 1. The zero-order valence-corrected chi connectivity index (χ0v) is 12.5. The summed E-state index contributed by atoms with van der Waals surface area (Å²) in [6.07, 6.45) is 0. The Morgan fingerprint density at radius 1 is 1.48 bits per heavy atom. The zero-order chi connectivity index (χ0) is 14.8. The van der Waals surface area contributed by atoms with E-state index in [0.29, 0.717) is 16.7 Å². The lowest BCUT2D eigenvalue weighted by atomic mass is 9.78. The molecular weight excluding hydrogens is 288 g/mol. The van der Waals surface area contributed by atoms with E-state index >= 15 is 0 Å². The summed E-state index contributed by atoms with van der Waals surface area (Å²) in [7, 11) is 0. The van der Waals surface area contributed by atoms with Gasteiger partial charge in [0.15, 0.2) is 5.17 Å². The molecule has 6 heteroatoms. The molecule has 0 saturated carbocycles. The van der Waals surface area contributed by atoms with Crippen LogP contribution in [0, 0.1) is 5.92 Å². The second-order valence-electron chi connectivity index (χ2n) is 5.67. The summed E-state index contributed by atoms with van der Waals surface area (Å²) in [6.45, 7) is 3.37. The molecule has 4 rings (SSSR count). The van der Waals surface area contributed by atoms with E-state index < -0.39 is 11.6 Å². The second-order valence-corrected chi connectivity index (χ2v) is 6.62. The van der Waals surface area contributed by atoms with Crippen molar-refractivity contribution in [1.82, 2.24) is 4.90 Å². The fourth-order valence-electron chi connectivity index (χ4n) is 3.48. The van der Waals surface area contributed by atoms with E-state index in [1.165, 1.54) is 11.8 Å². The molecule has 0 aromatic heterocycles. The highest BCUT2D eigenvalue weighted by atomic mass is 32.2. The molecule has 5 nitrogen and oxygen atoms in total. The van der Waals surface area contributed by atoms with Crippen molar-refractivity contribution >= 4 is 28.6 Å². The Kier molecular flexibility index (Phi) is 2.52. The molecule has 1 aromatic carbocycles. The monoisotopic (exact) mass is 302 g/mol. The number of amides is 1. The molecule has 1 aromatic rings. The third-order valence-corrected chi connectivity index (χ3v) is 5.22. The quantitative estimate of drug-likeness (QED) is 0.796. The summed E-state index contributed by atoms with van der Waals surface area (Å²) < 4.78 is 6.05. The zero-order valence-electron chi connectivity index (χ0n) is 11.7. The van der Waals surface area contributed by atoms with Gasteiger partial charge in [-0.05, 0) is 19.9 Å². The molecule has 1 saturated heterocycles. The first-order chi connectivity index (χ1) is 10.0. The van der Waals surface area contributed by atoms with Crippen molar-refractivity contribution < 1.29 is 14.3 Å². The van der Waals surface area contributed by atoms with Crippen LogP contribution >= 0.6 is 11.8 Å². The standard InChI is InChI=1S/C15H14N2O3S/c1-8(18)12-13-9-5-3-4-6-10(9)20-15(12,2)16-14-17(13)11(19)7-21-14/h3-6,12-13H,7H2,1-2H3/t12?,13?,15-/m1/s1. The first kappa shape index (κ1) is 12.9. The van der Waals surface area contributed by atoms with Crippen LogP contribution in [0.25, 0.3) is 0 Å². The van der Waals surface area contributed by atoms with Gasteiger partial charge >= 0.3 is 0 Å². The lowest BCUT2D eigenvalue weighted by Gasteiger charge is -2.49. The Balaban J connectivity index is 1.99. The maximum Gasteiger partial charge on any atom is 0.239 e. The normalized spacial score (nSPS) is 33.0. The lowest BCUT2D eigenvalue weighted by molar-refractivity contribution is -0.140. The van der Waals surface area contributed by atoms with Gasteiger partial charge in [0, 0.05) is 5.56 Å². The molecule has 1 fully saturated rings. The number of para-hydroxylation sites is 1. The van der Waals surface area contributed by atoms with E-state index in [-0.39, 0.29) is 17.7 Å². The van der Waals surface area contributed by atoms with Gasteiger partial charge in [0.2, 0.25) is 11.6 Å². The molecule has 2 bridgehead atoms. The number of ether oxygens (including phenoxy) is 1. The molecular formula is C15H14N2O3S. The fourth-order valence-corrected chi connectivity index (χ4v) is 4.47. The maximum absolute atomic E-state index is 12.3. The molecule has 3 atom stereocenters. The summed E-state index contributed by atoms with van der Waals surface area (Å²) in [5.74, 6) is 0.602. The third kappa shape index (κ3) is 1.62. The largest absolute Gasteiger partial charge is 0.465 e. The predicted octanol–water partition coefficient (Wildman–Crippen LogP) is 1.99. The van der Waals surface area contributed by atoms with Crippen LogP contribution in [-0.4, -0.2) is 33.2 Å². The van der Waals surface area contributed by atoms with E-state index in [4.69, 9.17) is 4.74 Å². The van der Waals surface area contributed by atoms with Gasteiger partial charge in [-0.1, -0.05) is 30.0 Å². The third-order valence-electron chi connectivity index (χ3n) is 4.28. The Morgan fingerprint density at radius 2 is 2.24 bits per heavy atom. The molecule has 3 aliphatic heterocycles. The number of hydrogen-bond acceptors (Lipinski definition) is 5. The van der Waals surface area contributed by atoms with Crippen LogP contribution < -0.4 is 4.74 Å². The van der Waals surface area contributed by atoms with Crippen molar-refractivity contribution in [3.05, 3.63) is 29.8 Å². The topological polar surface area (TPSA) is 59.0 Å². The summed E-state index contributed by atoms with van der Waals surface area (Å²) in [4.78, 5) is 30.8. The van der Waals surface area contributed by atoms with E-state index in [1.807, 2.05) is 31.2 Å². The highest BCUT2D eigenvalue weighted by molar-refractivity contribution is 8.15. The van der Waals surface area contributed by atoms with Crippen molar-refractivity contribution in [2.45, 2.75) is 25.6 Å². The average Bonchev–Trinajstić information content (AvgIpc) is 2.77. The van der Waals surface area contributed by atoms with Crippen LogP contribution in [-0.2, 0) is 9.59 Å². The van der Waals surface area contributed by atoms with Gasteiger partial charge < -0.3 is 4.74 Å². The number of carbonyl (C=O) groups excluding carboxylic acids is 2. The average molecular weight is 302 g/mol. The van der Waals surface area contributed by atoms with Gasteiger partial charge in [0.1, 0.15) is 17.5 Å². The number of amidine groups is 1. The smallest absolute Gasteiger partial charge is 0.239 e. The van der Waals surface area contributed by atoms with Crippen LogP contribution in [0.2, 0.25) is 0 Å². The molecule has 0 N–H and O–H groups in total. The van der Waals surface area contributed by atoms with Crippen molar-refractivity contribution in [1.29, 1.82) is 0 Å². The van der Waals surface area contributed by atoms with Gasteiger partial charge in [-0.15, -0.1) is 0 Å². The molecule has 3 heterocycles. The SMILES string of the molecule is CC(=O)C1C2c3ccccc3O[C@@]1(C)N=C1SCC(=O)N12. The van der Waals surface area contributed by atoms with Gasteiger partial charge in [-0.3, -0.25) is 14.5 Å². The first-order valence-corrected chi connectivity index (χ1v) is 7.83.